The quantitative estimate of drug-likeness (QED) is 0.462. The Morgan fingerprint density at radius 2 is 1.45 bits per heavy atom. The minimum Gasteiger partial charge on any atom is -0.366 e. The van der Waals surface area contributed by atoms with Gasteiger partial charge >= 0.3 is 0 Å². The predicted molar refractivity (Wildman–Crippen MR) is 123 cm³/mol. The Balaban J connectivity index is 1.81. The summed E-state index contributed by atoms with van der Waals surface area (Å²) in [6, 6.07) is 14.5. The molecule has 162 valence electrons. The van der Waals surface area contributed by atoms with Crippen LogP contribution in [-0.4, -0.2) is 29.3 Å². The monoisotopic (exact) mass is 455 g/mol. The van der Waals surface area contributed by atoms with Crippen LogP contribution >= 0.6 is 0 Å². The molecule has 33 heavy (non-hydrogen) atoms. The fraction of sp³-hybridized carbons (Fsp3) is 0. The highest BCUT2D eigenvalue weighted by Crippen LogP contribution is 2.34. The highest BCUT2D eigenvalue weighted by Gasteiger charge is 2.30. The summed E-state index contributed by atoms with van der Waals surface area (Å²) in [6.07, 6.45) is 8.67. The maximum absolute atomic E-state index is 13.6. The van der Waals surface area contributed by atoms with Gasteiger partial charge in [-0.25, -0.2) is 12.7 Å². The standard InChI is InChI=1S/C24H17N5O3S/c25-24(30)22-11-14-28-17-23(22)29(33(31,32)21-4-2-13-27-16-21)20-9-7-18(8-10-20)5-6-19-3-1-12-26-15-19/h1-4,7-17H,(H2,25,30). The Bertz CT molecular complexity index is 1450. The molecule has 1 aromatic carbocycles. The number of carbonyl (C=O) groups is 1. The van der Waals surface area contributed by atoms with Gasteiger partial charge in [-0.3, -0.25) is 19.7 Å². The molecule has 0 atom stereocenters. The summed E-state index contributed by atoms with van der Waals surface area (Å²) < 4.78 is 28.2. The molecule has 0 spiro atoms. The van der Waals surface area contributed by atoms with Crippen molar-refractivity contribution in [3.8, 4) is 11.8 Å². The van der Waals surface area contributed by atoms with Crippen LogP contribution in [0.5, 0.6) is 0 Å². The zero-order valence-corrected chi connectivity index (χ0v) is 18.0. The third-order valence-corrected chi connectivity index (χ3v) is 6.30. The molecule has 4 aromatic rings. The summed E-state index contributed by atoms with van der Waals surface area (Å²) in [4.78, 5) is 23.9. The Kier molecular flexibility index (Phi) is 6.11. The number of benzene rings is 1. The van der Waals surface area contributed by atoms with Crippen molar-refractivity contribution in [3.63, 3.8) is 0 Å². The summed E-state index contributed by atoms with van der Waals surface area (Å²) in [5.41, 5.74) is 7.25. The van der Waals surface area contributed by atoms with Gasteiger partial charge in [0.1, 0.15) is 4.90 Å². The van der Waals surface area contributed by atoms with E-state index in [0.29, 0.717) is 5.56 Å². The van der Waals surface area contributed by atoms with E-state index >= 15 is 0 Å². The topological polar surface area (TPSA) is 119 Å². The van der Waals surface area contributed by atoms with E-state index in [0.717, 1.165) is 9.87 Å². The molecule has 2 N–H and O–H groups in total. The lowest BCUT2D eigenvalue weighted by molar-refractivity contribution is 0.100. The number of sulfonamides is 1. The number of hydrogen-bond donors (Lipinski definition) is 1. The average Bonchev–Trinajstić information content (AvgIpc) is 2.85. The number of rotatable bonds is 5. The van der Waals surface area contributed by atoms with Gasteiger partial charge in [0.05, 0.1) is 23.1 Å². The molecule has 3 heterocycles. The zero-order chi connectivity index (χ0) is 23.3. The Labute approximate surface area is 190 Å². The van der Waals surface area contributed by atoms with Gasteiger partial charge in [0.25, 0.3) is 15.9 Å². The minimum atomic E-state index is -4.15. The first kappa shape index (κ1) is 21.7. The van der Waals surface area contributed by atoms with Crippen LogP contribution in [0.25, 0.3) is 0 Å². The number of nitrogens with zero attached hydrogens (tertiary/aromatic N) is 4. The van der Waals surface area contributed by atoms with Crippen LogP contribution in [0.3, 0.4) is 0 Å². The molecule has 0 aliphatic rings. The van der Waals surface area contributed by atoms with Gasteiger partial charge in [-0.05, 0) is 54.6 Å². The molecule has 0 aliphatic heterocycles. The van der Waals surface area contributed by atoms with Crippen LogP contribution in [0, 0.1) is 11.8 Å². The number of hydrogen-bond acceptors (Lipinski definition) is 6. The van der Waals surface area contributed by atoms with Crippen molar-refractivity contribution >= 4 is 27.3 Å². The van der Waals surface area contributed by atoms with E-state index in [2.05, 4.69) is 26.8 Å². The van der Waals surface area contributed by atoms with Gasteiger partial charge < -0.3 is 5.73 Å². The zero-order valence-electron chi connectivity index (χ0n) is 17.2. The van der Waals surface area contributed by atoms with E-state index in [9.17, 15) is 13.2 Å². The Hall–Kier alpha value is -4.55. The molecular formula is C24H17N5O3S. The molecular weight excluding hydrogens is 438 g/mol. The van der Waals surface area contributed by atoms with E-state index < -0.39 is 15.9 Å². The highest BCUT2D eigenvalue weighted by atomic mass is 32.2. The van der Waals surface area contributed by atoms with Gasteiger partial charge in [-0.1, -0.05) is 11.8 Å². The second-order valence-electron chi connectivity index (χ2n) is 6.75. The second kappa shape index (κ2) is 9.30. The fourth-order valence-corrected chi connectivity index (χ4v) is 4.49. The van der Waals surface area contributed by atoms with Crippen molar-refractivity contribution in [3.05, 3.63) is 108 Å². The highest BCUT2D eigenvalue weighted by molar-refractivity contribution is 7.93. The van der Waals surface area contributed by atoms with E-state index in [1.54, 1.807) is 42.7 Å². The number of carbonyl (C=O) groups excluding carboxylic acids is 1. The van der Waals surface area contributed by atoms with Crippen LogP contribution < -0.4 is 10.0 Å². The molecule has 8 nitrogen and oxygen atoms in total. The lowest BCUT2D eigenvalue weighted by Gasteiger charge is -2.25. The summed E-state index contributed by atoms with van der Waals surface area (Å²) in [5, 5.41) is 0. The molecule has 1 amide bonds. The van der Waals surface area contributed by atoms with Crippen LogP contribution in [0.1, 0.15) is 21.5 Å². The fourth-order valence-electron chi connectivity index (χ4n) is 3.03. The molecule has 4 rings (SSSR count). The van der Waals surface area contributed by atoms with Crippen LogP contribution in [0.4, 0.5) is 11.4 Å². The van der Waals surface area contributed by atoms with Gasteiger partial charge in [0.2, 0.25) is 0 Å². The van der Waals surface area contributed by atoms with E-state index in [1.165, 1.54) is 43.0 Å². The van der Waals surface area contributed by atoms with E-state index in [-0.39, 0.29) is 21.8 Å². The van der Waals surface area contributed by atoms with Crippen molar-refractivity contribution in [1.82, 2.24) is 15.0 Å². The summed E-state index contributed by atoms with van der Waals surface area (Å²) in [5.74, 6) is 5.23. The molecule has 0 saturated carbocycles. The normalized spacial score (nSPS) is 10.7. The molecule has 0 bridgehead atoms. The number of primary amides is 1. The molecule has 0 aliphatic carbocycles. The summed E-state index contributed by atoms with van der Waals surface area (Å²) in [6.45, 7) is 0. The molecule has 0 radical (unpaired) electrons. The van der Waals surface area contributed by atoms with Crippen molar-refractivity contribution in [2.75, 3.05) is 4.31 Å². The maximum atomic E-state index is 13.6. The van der Waals surface area contributed by atoms with Crippen LogP contribution in [0.15, 0.2) is 96.7 Å². The number of aromatic nitrogens is 3. The van der Waals surface area contributed by atoms with E-state index in [1.807, 2.05) is 6.07 Å². The second-order valence-corrected chi connectivity index (χ2v) is 8.54. The van der Waals surface area contributed by atoms with Gasteiger partial charge in [0, 0.05) is 42.1 Å². The SMILES string of the molecule is NC(=O)c1ccncc1N(c1ccc(C#Cc2cccnc2)cc1)S(=O)(=O)c1cccnc1. The summed E-state index contributed by atoms with van der Waals surface area (Å²) in [7, 11) is -4.15. The number of amides is 1. The van der Waals surface area contributed by atoms with Gasteiger partial charge in [-0.15, -0.1) is 0 Å². The molecule has 0 fully saturated rings. The van der Waals surface area contributed by atoms with Crippen molar-refractivity contribution in [1.29, 1.82) is 0 Å². The maximum Gasteiger partial charge on any atom is 0.270 e. The smallest absolute Gasteiger partial charge is 0.270 e. The molecule has 9 heteroatoms. The van der Waals surface area contributed by atoms with Crippen LogP contribution in [0.2, 0.25) is 0 Å². The first-order valence-electron chi connectivity index (χ1n) is 9.68. The number of nitrogens with two attached hydrogens (primary N) is 1. The molecule has 0 unspecified atom stereocenters. The predicted octanol–water partition coefficient (Wildman–Crippen LogP) is 2.90. The minimum absolute atomic E-state index is 0.0120. The van der Waals surface area contributed by atoms with Crippen LogP contribution in [-0.2, 0) is 10.0 Å². The lowest BCUT2D eigenvalue weighted by Crippen LogP contribution is -2.29. The number of pyridine rings is 3. The lowest BCUT2D eigenvalue weighted by atomic mass is 10.1. The first-order valence-corrected chi connectivity index (χ1v) is 11.1. The van der Waals surface area contributed by atoms with Crippen molar-refractivity contribution < 1.29 is 13.2 Å². The summed E-state index contributed by atoms with van der Waals surface area (Å²) >= 11 is 0. The van der Waals surface area contributed by atoms with Gasteiger partial charge in [0.15, 0.2) is 0 Å². The molecule has 0 saturated heterocycles. The first-order chi connectivity index (χ1) is 16.0. The number of anilines is 2. The van der Waals surface area contributed by atoms with Crippen molar-refractivity contribution in [2.45, 2.75) is 4.90 Å². The molecule has 3 aromatic heterocycles. The third kappa shape index (κ3) is 4.71. The third-order valence-electron chi connectivity index (χ3n) is 4.57. The van der Waals surface area contributed by atoms with Crippen molar-refractivity contribution in [2.24, 2.45) is 5.73 Å². The largest absolute Gasteiger partial charge is 0.366 e. The van der Waals surface area contributed by atoms with Gasteiger partial charge in [-0.2, -0.15) is 0 Å². The van der Waals surface area contributed by atoms with E-state index in [4.69, 9.17) is 5.73 Å². The Morgan fingerprint density at radius 3 is 2.09 bits per heavy atom. The average molecular weight is 455 g/mol. The Morgan fingerprint density at radius 1 is 0.788 bits per heavy atom.